The van der Waals surface area contributed by atoms with Crippen molar-refractivity contribution in [3.63, 3.8) is 0 Å². The van der Waals surface area contributed by atoms with Gasteiger partial charge in [-0.1, -0.05) is 41.9 Å². The number of fused-ring (bicyclic) bond motifs is 1. The van der Waals surface area contributed by atoms with E-state index in [0.29, 0.717) is 22.0 Å². The summed E-state index contributed by atoms with van der Waals surface area (Å²) < 4.78 is 5.23. The molecule has 0 saturated heterocycles. The van der Waals surface area contributed by atoms with Crippen LogP contribution in [0.1, 0.15) is 10.4 Å². The van der Waals surface area contributed by atoms with Crippen LogP contribution in [0.4, 0.5) is 5.69 Å². The van der Waals surface area contributed by atoms with Crippen molar-refractivity contribution >= 4 is 34.0 Å². The van der Waals surface area contributed by atoms with Gasteiger partial charge in [0.15, 0.2) is 0 Å². The third-order valence-corrected chi connectivity index (χ3v) is 3.66. The summed E-state index contributed by atoms with van der Waals surface area (Å²) in [6, 6.07) is 18.6. The molecule has 3 aromatic rings. The highest BCUT2D eigenvalue weighted by Crippen LogP contribution is 2.28. The highest BCUT2D eigenvalue weighted by atomic mass is 35.5. The second-order valence-electron chi connectivity index (χ2n) is 4.86. The number of hydrogen-bond donors (Lipinski definition) is 1. The molecule has 0 aliphatic carbocycles. The Kier molecular flexibility index (Phi) is 3.98. The smallest absolute Gasteiger partial charge is 0.255 e. The minimum absolute atomic E-state index is 0.202. The maximum Gasteiger partial charge on any atom is 0.255 e. The van der Waals surface area contributed by atoms with E-state index >= 15 is 0 Å². The molecule has 3 rings (SSSR count). The number of benzene rings is 3. The van der Waals surface area contributed by atoms with E-state index in [1.54, 1.807) is 31.4 Å². The summed E-state index contributed by atoms with van der Waals surface area (Å²) in [4.78, 5) is 12.4. The molecule has 110 valence electrons. The third-order valence-electron chi connectivity index (χ3n) is 3.42. The normalized spacial score (nSPS) is 10.5. The zero-order valence-corrected chi connectivity index (χ0v) is 12.7. The molecule has 0 fully saturated rings. The molecule has 3 nitrogen and oxygen atoms in total. The van der Waals surface area contributed by atoms with E-state index in [9.17, 15) is 4.79 Å². The number of anilines is 1. The number of ether oxygens (including phenoxy) is 1. The predicted molar refractivity (Wildman–Crippen MR) is 89.9 cm³/mol. The largest absolute Gasteiger partial charge is 0.495 e. The Bertz CT molecular complexity index is 845. The van der Waals surface area contributed by atoms with E-state index in [-0.39, 0.29) is 5.91 Å². The number of rotatable bonds is 3. The Labute approximate surface area is 133 Å². The fourth-order valence-electron chi connectivity index (χ4n) is 2.30. The summed E-state index contributed by atoms with van der Waals surface area (Å²) in [7, 11) is 1.55. The summed E-state index contributed by atoms with van der Waals surface area (Å²) in [5.41, 5.74) is 1.13. The van der Waals surface area contributed by atoms with Crippen LogP contribution in [-0.4, -0.2) is 13.0 Å². The molecular formula is C18H14ClNO2. The first-order chi connectivity index (χ1) is 10.7. The van der Waals surface area contributed by atoms with Crippen LogP contribution in [0.25, 0.3) is 10.8 Å². The van der Waals surface area contributed by atoms with Crippen molar-refractivity contribution in [2.24, 2.45) is 0 Å². The van der Waals surface area contributed by atoms with Gasteiger partial charge in [0.2, 0.25) is 0 Å². The van der Waals surface area contributed by atoms with Gasteiger partial charge in [-0.2, -0.15) is 0 Å². The highest BCUT2D eigenvalue weighted by Gasteiger charge is 2.10. The van der Waals surface area contributed by atoms with Gasteiger partial charge in [-0.15, -0.1) is 0 Å². The van der Waals surface area contributed by atoms with Crippen LogP contribution in [0.3, 0.4) is 0 Å². The van der Waals surface area contributed by atoms with Gasteiger partial charge < -0.3 is 10.1 Å². The zero-order valence-electron chi connectivity index (χ0n) is 12.0. The monoisotopic (exact) mass is 311 g/mol. The summed E-state index contributed by atoms with van der Waals surface area (Å²) in [6.45, 7) is 0. The van der Waals surface area contributed by atoms with Crippen molar-refractivity contribution in [3.8, 4) is 5.75 Å². The predicted octanol–water partition coefficient (Wildman–Crippen LogP) is 4.75. The van der Waals surface area contributed by atoms with Crippen molar-refractivity contribution in [2.75, 3.05) is 12.4 Å². The van der Waals surface area contributed by atoms with Gasteiger partial charge in [0.05, 0.1) is 12.8 Å². The Morgan fingerprint density at radius 3 is 2.55 bits per heavy atom. The molecule has 22 heavy (non-hydrogen) atoms. The molecule has 1 amide bonds. The molecular weight excluding hydrogens is 298 g/mol. The summed E-state index contributed by atoms with van der Waals surface area (Å²) in [5.74, 6) is 0.366. The second kappa shape index (κ2) is 6.08. The SMILES string of the molecule is COc1ccc(Cl)cc1NC(=O)c1ccc2ccccc2c1. The number of carbonyl (C=O) groups excluding carboxylic acids is 1. The van der Waals surface area contributed by atoms with Crippen LogP contribution in [0.15, 0.2) is 60.7 Å². The molecule has 0 aliphatic rings. The van der Waals surface area contributed by atoms with Gasteiger partial charge in [-0.05, 0) is 41.1 Å². The topological polar surface area (TPSA) is 38.3 Å². The zero-order chi connectivity index (χ0) is 15.5. The van der Waals surface area contributed by atoms with Crippen molar-refractivity contribution in [2.45, 2.75) is 0 Å². The lowest BCUT2D eigenvalue weighted by Gasteiger charge is -2.11. The van der Waals surface area contributed by atoms with Gasteiger partial charge in [-0.3, -0.25) is 4.79 Å². The summed E-state index contributed by atoms with van der Waals surface area (Å²) >= 11 is 5.97. The van der Waals surface area contributed by atoms with Crippen LogP contribution >= 0.6 is 11.6 Å². The van der Waals surface area contributed by atoms with Gasteiger partial charge in [0.1, 0.15) is 5.75 Å². The summed E-state index contributed by atoms with van der Waals surface area (Å²) in [6.07, 6.45) is 0. The number of methoxy groups -OCH3 is 1. The quantitative estimate of drug-likeness (QED) is 0.757. The lowest BCUT2D eigenvalue weighted by molar-refractivity contribution is 0.102. The fraction of sp³-hybridized carbons (Fsp3) is 0.0556. The number of amides is 1. The molecule has 0 radical (unpaired) electrons. The Morgan fingerprint density at radius 1 is 1.00 bits per heavy atom. The molecule has 4 heteroatoms. The van der Waals surface area contributed by atoms with Crippen LogP contribution < -0.4 is 10.1 Å². The number of halogens is 1. The van der Waals surface area contributed by atoms with Crippen molar-refractivity contribution < 1.29 is 9.53 Å². The lowest BCUT2D eigenvalue weighted by atomic mass is 10.1. The van der Waals surface area contributed by atoms with Crippen molar-refractivity contribution in [1.82, 2.24) is 0 Å². The molecule has 0 unspecified atom stereocenters. The molecule has 0 aromatic heterocycles. The van der Waals surface area contributed by atoms with Crippen LogP contribution in [0.2, 0.25) is 5.02 Å². The van der Waals surface area contributed by atoms with Crippen molar-refractivity contribution in [1.29, 1.82) is 0 Å². The lowest BCUT2D eigenvalue weighted by Crippen LogP contribution is -2.12. The number of hydrogen-bond acceptors (Lipinski definition) is 2. The summed E-state index contributed by atoms with van der Waals surface area (Å²) in [5, 5.41) is 5.49. The average Bonchev–Trinajstić information content (AvgIpc) is 2.54. The van der Waals surface area contributed by atoms with E-state index < -0.39 is 0 Å². The van der Waals surface area contributed by atoms with Gasteiger partial charge in [0.25, 0.3) is 5.91 Å². The highest BCUT2D eigenvalue weighted by molar-refractivity contribution is 6.31. The molecule has 0 atom stereocenters. The molecule has 0 spiro atoms. The minimum Gasteiger partial charge on any atom is -0.495 e. The fourth-order valence-corrected chi connectivity index (χ4v) is 2.48. The van der Waals surface area contributed by atoms with Crippen LogP contribution in [0, 0.1) is 0 Å². The molecule has 1 N–H and O–H groups in total. The van der Waals surface area contributed by atoms with E-state index in [4.69, 9.17) is 16.3 Å². The molecule has 0 saturated carbocycles. The van der Waals surface area contributed by atoms with Gasteiger partial charge >= 0.3 is 0 Å². The molecule has 0 aliphatic heterocycles. The van der Waals surface area contributed by atoms with E-state index in [1.165, 1.54) is 0 Å². The Morgan fingerprint density at radius 2 is 1.77 bits per heavy atom. The van der Waals surface area contributed by atoms with E-state index in [0.717, 1.165) is 10.8 Å². The third kappa shape index (κ3) is 2.90. The van der Waals surface area contributed by atoms with E-state index in [2.05, 4.69) is 5.32 Å². The first-order valence-corrected chi connectivity index (χ1v) is 7.19. The van der Waals surface area contributed by atoms with Gasteiger partial charge in [-0.25, -0.2) is 0 Å². The first kappa shape index (κ1) is 14.4. The Hall–Kier alpha value is -2.52. The Balaban J connectivity index is 1.91. The van der Waals surface area contributed by atoms with E-state index in [1.807, 2.05) is 36.4 Å². The van der Waals surface area contributed by atoms with Crippen molar-refractivity contribution in [3.05, 3.63) is 71.2 Å². The second-order valence-corrected chi connectivity index (χ2v) is 5.30. The number of carbonyl (C=O) groups is 1. The first-order valence-electron chi connectivity index (χ1n) is 6.81. The minimum atomic E-state index is -0.202. The van der Waals surface area contributed by atoms with Gasteiger partial charge in [0, 0.05) is 10.6 Å². The maximum atomic E-state index is 12.4. The number of nitrogens with one attached hydrogen (secondary N) is 1. The molecule has 3 aromatic carbocycles. The maximum absolute atomic E-state index is 12.4. The van der Waals surface area contributed by atoms with Crippen LogP contribution in [-0.2, 0) is 0 Å². The molecule has 0 bridgehead atoms. The standard InChI is InChI=1S/C18H14ClNO2/c1-22-17-9-8-15(19)11-16(17)20-18(21)14-7-6-12-4-2-3-5-13(12)10-14/h2-11H,1H3,(H,20,21). The molecule has 0 heterocycles. The van der Waals surface area contributed by atoms with Crippen LogP contribution in [0.5, 0.6) is 5.75 Å². The average molecular weight is 312 g/mol.